The molecule has 2 fully saturated rings. The van der Waals surface area contributed by atoms with Crippen LogP contribution in [0, 0.1) is 23.7 Å². The monoisotopic (exact) mass is 302 g/mol. The van der Waals surface area contributed by atoms with Gasteiger partial charge in [-0.15, -0.1) is 0 Å². The lowest BCUT2D eigenvalue weighted by atomic mass is 9.78. The fraction of sp³-hybridized carbons (Fsp3) is 0.818. The Balaban J connectivity index is 1.55. The second-order valence-electron chi connectivity index (χ2n) is 7.88. The zero-order chi connectivity index (χ0) is 15.6. The van der Waals surface area contributed by atoms with E-state index in [9.17, 15) is 0 Å². The Bertz CT molecular complexity index is 322. The van der Waals surface area contributed by atoms with E-state index < -0.39 is 0 Å². The Morgan fingerprint density at radius 3 is 1.82 bits per heavy atom. The summed E-state index contributed by atoms with van der Waals surface area (Å²) in [6, 6.07) is 0. The third-order valence-electron chi connectivity index (χ3n) is 6.09. The molecule has 0 bridgehead atoms. The largest absolute Gasteiger partial charge is 0.0914 e. The van der Waals surface area contributed by atoms with Gasteiger partial charge in [-0.25, -0.2) is 0 Å². The highest BCUT2D eigenvalue weighted by Gasteiger charge is 2.20. The first-order chi connectivity index (χ1) is 10.8. The van der Waals surface area contributed by atoms with E-state index in [1.807, 2.05) is 0 Å². The van der Waals surface area contributed by atoms with Crippen molar-refractivity contribution in [3.8, 4) is 0 Å². The standard InChI is InChI=1S/C22H38/c1-3-7-19-11-15-21(16-12-19)9-5-6-10-22-17-13-20(8-4-2)14-18-22/h3,5,7,9,19-22H,4,6,8,10-18H2,1-2H3/b7-3+,9-5+/t19-,20-,21-,22-. The summed E-state index contributed by atoms with van der Waals surface area (Å²) >= 11 is 0. The fourth-order valence-electron chi connectivity index (χ4n) is 4.64. The van der Waals surface area contributed by atoms with Crippen LogP contribution in [0.15, 0.2) is 24.3 Å². The van der Waals surface area contributed by atoms with E-state index in [4.69, 9.17) is 0 Å². The van der Waals surface area contributed by atoms with Gasteiger partial charge < -0.3 is 0 Å². The van der Waals surface area contributed by atoms with Crippen molar-refractivity contribution in [1.82, 2.24) is 0 Å². The zero-order valence-electron chi connectivity index (χ0n) is 15.1. The topological polar surface area (TPSA) is 0 Å². The Morgan fingerprint density at radius 2 is 1.27 bits per heavy atom. The quantitative estimate of drug-likeness (QED) is 0.432. The van der Waals surface area contributed by atoms with Crippen LogP contribution in [-0.2, 0) is 0 Å². The molecule has 0 radical (unpaired) electrons. The third kappa shape index (κ3) is 6.31. The van der Waals surface area contributed by atoms with Gasteiger partial charge in [-0.05, 0) is 69.1 Å². The molecule has 0 atom stereocenters. The van der Waals surface area contributed by atoms with Crippen LogP contribution in [0.1, 0.15) is 90.9 Å². The molecule has 0 heteroatoms. The van der Waals surface area contributed by atoms with Gasteiger partial charge in [0, 0.05) is 0 Å². The zero-order valence-corrected chi connectivity index (χ0v) is 15.1. The Labute approximate surface area is 139 Å². The van der Waals surface area contributed by atoms with Crippen LogP contribution >= 0.6 is 0 Å². The van der Waals surface area contributed by atoms with Crippen LogP contribution in [0.2, 0.25) is 0 Å². The minimum Gasteiger partial charge on any atom is -0.0914 e. The average Bonchev–Trinajstić information content (AvgIpc) is 2.55. The Kier molecular flexibility index (Phi) is 8.34. The lowest BCUT2D eigenvalue weighted by molar-refractivity contribution is 0.253. The van der Waals surface area contributed by atoms with Gasteiger partial charge in [0.2, 0.25) is 0 Å². The lowest BCUT2D eigenvalue weighted by Crippen LogP contribution is -2.14. The van der Waals surface area contributed by atoms with E-state index in [1.54, 1.807) is 0 Å². The Morgan fingerprint density at radius 1 is 0.727 bits per heavy atom. The molecule has 2 rings (SSSR count). The van der Waals surface area contributed by atoms with Crippen LogP contribution in [0.4, 0.5) is 0 Å². The molecule has 0 saturated heterocycles. The molecule has 0 amide bonds. The second-order valence-corrected chi connectivity index (χ2v) is 7.88. The van der Waals surface area contributed by atoms with Gasteiger partial charge in [0.25, 0.3) is 0 Å². The normalized spacial score (nSPS) is 33.7. The van der Waals surface area contributed by atoms with Gasteiger partial charge >= 0.3 is 0 Å². The molecular formula is C22H38. The number of hydrogen-bond donors (Lipinski definition) is 0. The van der Waals surface area contributed by atoms with E-state index in [0.717, 1.165) is 23.7 Å². The van der Waals surface area contributed by atoms with Crippen LogP contribution in [0.3, 0.4) is 0 Å². The van der Waals surface area contributed by atoms with Gasteiger partial charge in [0.05, 0.1) is 0 Å². The molecule has 2 saturated carbocycles. The van der Waals surface area contributed by atoms with Crippen molar-refractivity contribution < 1.29 is 0 Å². The number of allylic oxidation sites excluding steroid dienone is 4. The van der Waals surface area contributed by atoms with Gasteiger partial charge in [-0.2, -0.15) is 0 Å². The molecule has 0 aromatic rings. The first-order valence-corrected chi connectivity index (χ1v) is 10.1. The molecular weight excluding hydrogens is 264 g/mol. The van der Waals surface area contributed by atoms with Crippen LogP contribution in [0.25, 0.3) is 0 Å². The molecule has 2 aliphatic rings. The van der Waals surface area contributed by atoms with Crippen molar-refractivity contribution in [2.75, 3.05) is 0 Å². The molecule has 126 valence electrons. The van der Waals surface area contributed by atoms with Crippen molar-refractivity contribution >= 4 is 0 Å². The summed E-state index contributed by atoms with van der Waals surface area (Å²) in [7, 11) is 0. The molecule has 0 spiro atoms. The molecule has 0 nitrogen and oxygen atoms in total. The maximum Gasteiger partial charge on any atom is -0.0233 e. The molecule has 0 aliphatic heterocycles. The van der Waals surface area contributed by atoms with E-state index in [1.165, 1.54) is 77.0 Å². The minimum atomic E-state index is 0.868. The molecule has 0 aromatic carbocycles. The maximum atomic E-state index is 2.55. The molecule has 0 unspecified atom stereocenters. The molecule has 0 N–H and O–H groups in total. The van der Waals surface area contributed by atoms with Crippen molar-refractivity contribution in [3.05, 3.63) is 24.3 Å². The fourth-order valence-corrected chi connectivity index (χ4v) is 4.64. The van der Waals surface area contributed by atoms with Crippen molar-refractivity contribution in [2.45, 2.75) is 90.9 Å². The molecule has 0 aromatic heterocycles. The van der Waals surface area contributed by atoms with Crippen LogP contribution < -0.4 is 0 Å². The SMILES string of the molecule is C/C=C/[C@H]1CC[C@H](/C=C/CC[C@H]2CC[C@H](CCC)CC2)CC1. The van der Waals surface area contributed by atoms with Crippen molar-refractivity contribution in [3.63, 3.8) is 0 Å². The smallest absolute Gasteiger partial charge is 0.0233 e. The molecule has 2 aliphatic carbocycles. The predicted molar refractivity (Wildman–Crippen MR) is 99.0 cm³/mol. The third-order valence-corrected chi connectivity index (χ3v) is 6.09. The summed E-state index contributed by atoms with van der Waals surface area (Å²) in [4.78, 5) is 0. The number of hydrogen-bond acceptors (Lipinski definition) is 0. The minimum absolute atomic E-state index is 0.868. The maximum absolute atomic E-state index is 2.55. The first-order valence-electron chi connectivity index (χ1n) is 10.1. The van der Waals surface area contributed by atoms with Gasteiger partial charge in [0.1, 0.15) is 0 Å². The van der Waals surface area contributed by atoms with Crippen molar-refractivity contribution in [1.29, 1.82) is 0 Å². The summed E-state index contributed by atoms with van der Waals surface area (Å²) in [5, 5.41) is 0. The highest BCUT2D eigenvalue weighted by Crippen LogP contribution is 2.34. The lowest BCUT2D eigenvalue weighted by Gasteiger charge is -2.28. The van der Waals surface area contributed by atoms with Gasteiger partial charge in [-0.3, -0.25) is 0 Å². The highest BCUT2D eigenvalue weighted by atomic mass is 14.3. The predicted octanol–water partition coefficient (Wildman–Crippen LogP) is 7.31. The summed E-state index contributed by atoms with van der Waals surface area (Å²) in [6.45, 7) is 4.49. The van der Waals surface area contributed by atoms with E-state index >= 15 is 0 Å². The van der Waals surface area contributed by atoms with Crippen molar-refractivity contribution in [2.24, 2.45) is 23.7 Å². The number of rotatable bonds is 7. The average molecular weight is 303 g/mol. The summed E-state index contributed by atoms with van der Waals surface area (Å²) in [5.74, 6) is 3.84. The highest BCUT2D eigenvalue weighted by molar-refractivity contribution is 4.95. The first kappa shape index (κ1) is 17.8. The summed E-state index contributed by atoms with van der Waals surface area (Å²) < 4.78 is 0. The molecule has 22 heavy (non-hydrogen) atoms. The Hall–Kier alpha value is -0.520. The van der Waals surface area contributed by atoms with Crippen LogP contribution in [-0.4, -0.2) is 0 Å². The second kappa shape index (κ2) is 10.3. The molecule has 0 heterocycles. The summed E-state index contributed by atoms with van der Waals surface area (Å²) in [6.07, 6.45) is 27.0. The van der Waals surface area contributed by atoms with E-state index in [0.29, 0.717) is 0 Å². The van der Waals surface area contributed by atoms with Gasteiger partial charge in [-0.1, -0.05) is 69.8 Å². The summed E-state index contributed by atoms with van der Waals surface area (Å²) in [5.41, 5.74) is 0. The van der Waals surface area contributed by atoms with Crippen LogP contribution in [0.5, 0.6) is 0 Å². The van der Waals surface area contributed by atoms with E-state index in [-0.39, 0.29) is 0 Å². The van der Waals surface area contributed by atoms with Gasteiger partial charge in [0.15, 0.2) is 0 Å². The van der Waals surface area contributed by atoms with E-state index in [2.05, 4.69) is 38.2 Å².